The molecule has 1 fully saturated rings. The van der Waals surface area contributed by atoms with Crippen LogP contribution in [0.5, 0.6) is 0 Å². The lowest BCUT2D eigenvalue weighted by Gasteiger charge is -2.17. The highest BCUT2D eigenvalue weighted by Gasteiger charge is 2.26. The quantitative estimate of drug-likeness (QED) is 0.771. The molecular weight excluding hydrogens is 230 g/mol. The van der Waals surface area contributed by atoms with Gasteiger partial charge in [-0.15, -0.1) is 0 Å². The van der Waals surface area contributed by atoms with Gasteiger partial charge in [-0.1, -0.05) is 0 Å². The van der Waals surface area contributed by atoms with Crippen LogP contribution in [0.15, 0.2) is 10.9 Å². The van der Waals surface area contributed by atoms with Crippen molar-refractivity contribution < 1.29 is 4.79 Å². The molecule has 5 heteroatoms. The molecule has 1 saturated heterocycles. The lowest BCUT2D eigenvalue weighted by Crippen LogP contribution is -2.37. The highest BCUT2D eigenvalue weighted by Crippen LogP contribution is 2.12. The Labute approximate surface area is 106 Å². The van der Waals surface area contributed by atoms with Gasteiger partial charge in [-0.25, -0.2) is 0 Å². The molecule has 2 heterocycles. The first-order valence-electron chi connectivity index (χ1n) is 6.14. The van der Waals surface area contributed by atoms with Gasteiger partial charge in [-0.3, -0.25) is 9.59 Å². The molecule has 1 aliphatic rings. The van der Waals surface area contributed by atoms with E-state index in [0.29, 0.717) is 13.1 Å². The first kappa shape index (κ1) is 12.8. The number of pyridine rings is 1. The van der Waals surface area contributed by atoms with E-state index in [1.807, 2.05) is 13.8 Å². The Bertz CT molecular complexity index is 548. The van der Waals surface area contributed by atoms with E-state index < -0.39 is 0 Å². The monoisotopic (exact) mass is 249 g/mol. The van der Waals surface area contributed by atoms with Crippen molar-refractivity contribution in [3.63, 3.8) is 0 Å². The third kappa shape index (κ3) is 2.06. The van der Waals surface area contributed by atoms with E-state index in [9.17, 15) is 9.59 Å². The minimum absolute atomic E-state index is 0.0318. The molecule has 0 aromatic carbocycles. The molecule has 0 unspecified atom stereocenters. The lowest BCUT2D eigenvalue weighted by molar-refractivity contribution is 0.0788. The summed E-state index contributed by atoms with van der Waals surface area (Å²) in [5.74, 6) is -0.202. The molecule has 1 aromatic heterocycles. The average Bonchev–Trinajstić information content (AvgIpc) is 2.77. The SMILES string of the molecule is Cc1cc(C(=O)N2CC[C@H](N)C2)c(=O)n(C)c1C. The topological polar surface area (TPSA) is 68.3 Å². The molecule has 1 atom stereocenters. The Kier molecular flexibility index (Phi) is 3.26. The maximum Gasteiger partial charge on any atom is 0.263 e. The third-order valence-electron chi connectivity index (χ3n) is 3.71. The Morgan fingerprint density at radius 1 is 1.44 bits per heavy atom. The Morgan fingerprint density at radius 2 is 2.11 bits per heavy atom. The van der Waals surface area contributed by atoms with E-state index in [4.69, 9.17) is 5.73 Å². The number of nitrogens with zero attached hydrogens (tertiary/aromatic N) is 2. The van der Waals surface area contributed by atoms with Crippen LogP contribution in [0.4, 0.5) is 0 Å². The fourth-order valence-corrected chi connectivity index (χ4v) is 2.28. The Balaban J connectivity index is 2.40. The van der Waals surface area contributed by atoms with E-state index in [1.54, 1.807) is 18.0 Å². The number of likely N-dealkylation sites (tertiary alicyclic amines) is 1. The van der Waals surface area contributed by atoms with Crippen LogP contribution in [0.3, 0.4) is 0 Å². The van der Waals surface area contributed by atoms with Gasteiger partial charge >= 0.3 is 0 Å². The van der Waals surface area contributed by atoms with Crippen LogP contribution in [-0.2, 0) is 7.05 Å². The zero-order chi connectivity index (χ0) is 13.4. The minimum atomic E-state index is -0.233. The summed E-state index contributed by atoms with van der Waals surface area (Å²) in [7, 11) is 1.69. The summed E-state index contributed by atoms with van der Waals surface area (Å²) in [5, 5.41) is 0. The second-order valence-electron chi connectivity index (χ2n) is 4.99. The molecule has 1 aromatic rings. The fourth-order valence-electron chi connectivity index (χ4n) is 2.28. The van der Waals surface area contributed by atoms with Gasteiger partial charge in [-0.05, 0) is 31.9 Å². The first-order chi connectivity index (χ1) is 8.41. The van der Waals surface area contributed by atoms with E-state index in [2.05, 4.69) is 0 Å². The third-order valence-corrected chi connectivity index (χ3v) is 3.71. The summed E-state index contributed by atoms with van der Waals surface area (Å²) in [6.45, 7) is 4.95. The number of carbonyl (C=O) groups is 1. The van der Waals surface area contributed by atoms with Crippen molar-refractivity contribution >= 4 is 5.91 Å². The second-order valence-corrected chi connectivity index (χ2v) is 4.99. The number of aryl methyl sites for hydroxylation is 1. The number of carbonyl (C=O) groups excluding carboxylic acids is 1. The van der Waals surface area contributed by atoms with Crippen LogP contribution >= 0.6 is 0 Å². The fraction of sp³-hybridized carbons (Fsp3) is 0.538. The number of aromatic nitrogens is 1. The van der Waals surface area contributed by atoms with Crippen LogP contribution < -0.4 is 11.3 Å². The predicted octanol–water partition coefficient (Wildman–Crippen LogP) is 0.175. The maximum absolute atomic E-state index is 12.3. The summed E-state index contributed by atoms with van der Waals surface area (Å²) in [6, 6.07) is 1.72. The van der Waals surface area contributed by atoms with Crippen LogP contribution in [0, 0.1) is 13.8 Å². The number of hydrogen-bond donors (Lipinski definition) is 1. The number of rotatable bonds is 1. The van der Waals surface area contributed by atoms with Gasteiger partial charge in [0.2, 0.25) is 0 Å². The molecule has 2 rings (SSSR count). The molecule has 2 N–H and O–H groups in total. The largest absolute Gasteiger partial charge is 0.337 e. The molecule has 1 amide bonds. The van der Waals surface area contributed by atoms with Crippen molar-refractivity contribution in [2.75, 3.05) is 13.1 Å². The number of nitrogens with two attached hydrogens (primary N) is 1. The van der Waals surface area contributed by atoms with Crippen molar-refractivity contribution in [3.8, 4) is 0 Å². The van der Waals surface area contributed by atoms with Gasteiger partial charge < -0.3 is 15.2 Å². The van der Waals surface area contributed by atoms with E-state index in [1.165, 1.54) is 4.57 Å². The highest BCUT2D eigenvalue weighted by molar-refractivity contribution is 5.94. The zero-order valence-corrected chi connectivity index (χ0v) is 11.1. The molecule has 0 bridgehead atoms. The lowest BCUT2D eigenvalue weighted by atomic mass is 10.1. The Hall–Kier alpha value is -1.62. The molecule has 0 radical (unpaired) electrons. The summed E-state index contributed by atoms with van der Waals surface area (Å²) < 4.78 is 1.53. The minimum Gasteiger partial charge on any atom is -0.337 e. The van der Waals surface area contributed by atoms with E-state index >= 15 is 0 Å². The van der Waals surface area contributed by atoms with E-state index in [0.717, 1.165) is 17.7 Å². The second kappa shape index (κ2) is 4.57. The molecule has 5 nitrogen and oxygen atoms in total. The van der Waals surface area contributed by atoms with Crippen LogP contribution in [-0.4, -0.2) is 34.5 Å². The van der Waals surface area contributed by atoms with Gasteiger partial charge in [0, 0.05) is 31.9 Å². The van der Waals surface area contributed by atoms with Crippen molar-refractivity contribution in [2.45, 2.75) is 26.3 Å². The Morgan fingerprint density at radius 3 is 2.67 bits per heavy atom. The maximum atomic E-state index is 12.3. The molecule has 98 valence electrons. The van der Waals surface area contributed by atoms with Crippen LogP contribution in [0.1, 0.15) is 28.0 Å². The summed E-state index contributed by atoms with van der Waals surface area (Å²) >= 11 is 0. The molecule has 0 spiro atoms. The molecule has 0 aliphatic carbocycles. The summed E-state index contributed by atoms with van der Waals surface area (Å²) in [4.78, 5) is 26.1. The number of amides is 1. The predicted molar refractivity (Wildman–Crippen MR) is 69.7 cm³/mol. The van der Waals surface area contributed by atoms with Gasteiger partial charge in [0.05, 0.1) is 0 Å². The first-order valence-corrected chi connectivity index (χ1v) is 6.14. The van der Waals surface area contributed by atoms with Gasteiger partial charge in [0.1, 0.15) is 5.56 Å². The van der Waals surface area contributed by atoms with Gasteiger partial charge in [0.25, 0.3) is 11.5 Å². The van der Waals surface area contributed by atoms with Crippen LogP contribution in [0.2, 0.25) is 0 Å². The zero-order valence-electron chi connectivity index (χ0n) is 11.1. The van der Waals surface area contributed by atoms with Crippen LogP contribution in [0.25, 0.3) is 0 Å². The average molecular weight is 249 g/mol. The highest BCUT2D eigenvalue weighted by atomic mass is 16.2. The standard InChI is InChI=1S/C13H19N3O2/c1-8-6-11(12(17)15(3)9(8)2)13(18)16-5-4-10(14)7-16/h6,10H,4-5,7,14H2,1-3H3/t10-/m0/s1. The molecule has 18 heavy (non-hydrogen) atoms. The smallest absolute Gasteiger partial charge is 0.263 e. The van der Waals surface area contributed by atoms with E-state index in [-0.39, 0.29) is 23.1 Å². The molecular formula is C13H19N3O2. The summed E-state index contributed by atoms with van der Waals surface area (Å²) in [5.41, 5.74) is 7.63. The number of hydrogen-bond acceptors (Lipinski definition) is 3. The normalized spacial score (nSPS) is 19.3. The van der Waals surface area contributed by atoms with Crippen molar-refractivity contribution in [1.29, 1.82) is 0 Å². The van der Waals surface area contributed by atoms with Crippen molar-refractivity contribution in [3.05, 3.63) is 33.2 Å². The molecule has 1 aliphatic heterocycles. The summed E-state index contributed by atoms with van der Waals surface area (Å²) in [6.07, 6.45) is 0.802. The van der Waals surface area contributed by atoms with Crippen molar-refractivity contribution in [1.82, 2.24) is 9.47 Å². The molecule has 0 saturated carbocycles. The van der Waals surface area contributed by atoms with Gasteiger partial charge in [-0.2, -0.15) is 0 Å². The van der Waals surface area contributed by atoms with Crippen molar-refractivity contribution in [2.24, 2.45) is 12.8 Å². The van der Waals surface area contributed by atoms with Gasteiger partial charge in [0.15, 0.2) is 0 Å².